The molecule has 0 radical (unpaired) electrons. The molecule has 0 aliphatic carbocycles. The average Bonchev–Trinajstić information content (AvgIpc) is 3.35. The summed E-state index contributed by atoms with van der Waals surface area (Å²) in [5, 5.41) is 11.9. The summed E-state index contributed by atoms with van der Waals surface area (Å²) in [6, 6.07) is 6.86. The van der Waals surface area contributed by atoms with Crippen molar-refractivity contribution in [3.63, 3.8) is 0 Å². The summed E-state index contributed by atoms with van der Waals surface area (Å²) in [7, 11) is 3.18. The third-order valence-electron chi connectivity index (χ3n) is 8.00. The van der Waals surface area contributed by atoms with E-state index in [0.29, 0.717) is 29.1 Å². The Labute approximate surface area is 242 Å². The lowest BCUT2D eigenvalue weighted by Gasteiger charge is -2.31. The van der Waals surface area contributed by atoms with Gasteiger partial charge in [0.05, 0.1) is 35.6 Å². The molecular formula is C30H34N4O8. The molecule has 1 atom stereocenters. The van der Waals surface area contributed by atoms with Gasteiger partial charge in [-0.05, 0) is 49.6 Å². The molecule has 42 heavy (non-hydrogen) atoms. The summed E-state index contributed by atoms with van der Waals surface area (Å²) in [5.41, 5.74) is 1.95. The quantitative estimate of drug-likeness (QED) is 0.328. The molecule has 12 heteroatoms. The second-order valence-corrected chi connectivity index (χ2v) is 10.5. The van der Waals surface area contributed by atoms with Gasteiger partial charge in [0.1, 0.15) is 12.4 Å². The van der Waals surface area contributed by atoms with E-state index in [1.165, 1.54) is 9.80 Å². The minimum absolute atomic E-state index is 0.0682. The van der Waals surface area contributed by atoms with Crippen LogP contribution in [-0.4, -0.2) is 76.4 Å². The lowest BCUT2D eigenvalue weighted by molar-refractivity contribution is -0.172. The molecule has 2 aliphatic rings. The largest absolute Gasteiger partial charge is 0.458 e. The monoisotopic (exact) mass is 578 g/mol. The number of nitrogens with zero attached hydrogens (tertiary/aromatic N) is 4. The predicted molar refractivity (Wildman–Crippen MR) is 152 cm³/mol. The number of pyridine rings is 2. The van der Waals surface area contributed by atoms with Crippen LogP contribution in [0, 0.1) is 0 Å². The molecule has 0 spiro atoms. The number of likely N-dealkylation sites (N-methyl/N-ethyl adjacent to an activating group) is 2. The van der Waals surface area contributed by atoms with Gasteiger partial charge in [-0.3, -0.25) is 4.79 Å². The van der Waals surface area contributed by atoms with Crippen molar-refractivity contribution in [1.29, 1.82) is 0 Å². The number of ether oxygens (including phenoxy) is 3. The third kappa shape index (κ3) is 4.75. The molecule has 4 heterocycles. The molecule has 2 aromatic heterocycles. The van der Waals surface area contributed by atoms with Gasteiger partial charge in [-0.1, -0.05) is 13.8 Å². The van der Waals surface area contributed by atoms with E-state index < -0.39 is 23.8 Å². The van der Waals surface area contributed by atoms with Gasteiger partial charge in [0.15, 0.2) is 5.60 Å². The molecule has 0 saturated heterocycles. The molecule has 2 aliphatic heterocycles. The van der Waals surface area contributed by atoms with Gasteiger partial charge in [0.2, 0.25) is 0 Å². The van der Waals surface area contributed by atoms with Gasteiger partial charge in [-0.15, -0.1) is 0 Å². The summed E-state index contributed by atoms with van der Waals surface area (Å²) < 4.78 is 17.4. The van der Waals surface area contributed by atoms with Gasteiger partial charge in [-0.2, -0.15) is 0 Å². The predicted octanol–water partition coefficient (Wildman–Crippen LogP) is 3.16. The Balaban J connectivity index is 1.45. The molecule has 12 nitrogen and oxygen atoms in total. The minimum atomic E-state index is -1.89. The first-order valence-corrected chi connectivity index (χ1v) is 14.0. The van der Waals surface area contributed by atoms with E-state index in [9.17, 15) is 24.3 Å². The smallest absolute Gasteiger partial charge is 0.415 e. The maximum atomic E-state index is 13.5. The van der Waals surface area contributed by atoms with Crippen LogP contribution in [0.3, 0.4) is 0 Å². The van der Waals surface area contributed by atoms with Gasteiger partial charge in [0, 0.05) is 43.7 Å². The number of aromatic nitrogens is 2. The lowest BCUT2D eigenvalue weighted by Crippen LogP contribution is -2.44. The summed E-state index contributed by atoms with van der Waals surface area (Å²) in [6.07, 6.45) is -0.350. The van der Waals surface area contributed by atoms with Crippen LogP contribution >= 0.6 is 0 Å². The van der Waals surface area contributed by atoms with Crippen LogP contribution in [0.2, 0.25) is 0 Å². The van der Waals surface area contributed by atoms with Crippen LogP contribution in [0.25, 0.3) is 22.3 Å². The fourth-order valence-electron chi connectivity index (χ4n) is 5.50. The molecule has 2 amide bonds. The van der Waals surface area contributed by atoms with Gasteiger partial charge < -0.3 is 33.7 Å². The zero-order valence-electron chi connectivity index (χ0n) is 24.4. The second kappa shape index (κ2) is 11.1. The highest BCUT2D eigenvalue weighted by molar-refractivity contribution is 5.90. The Morgan fingerprint density at radius 3 is 2.45 bits per heavy atom. The highest BCUT2D eigenvalue weighted by Crippen LogP contribution is 2.40. The zero-order valence-corrected chi connectivity index (χ0v) is 24.4. The Kier molecular flexibility index (Phi) is 7.67. The van der Waals surface area contributed by atoms with Crippen LogP contribution in [0.15, 0.2) is 29.1 Å². The molecular weight excluding hydrogens is 544 g/mol. The summed E-state index contributed by atoms with van der Waals surface area (Å²) in [6.45, 7) is 6.27. The molecule has 0 saturated carbocycles. The van der Waals surface area contributed by atoms with Crippen LogP contribution in [-0.2, 0) is 39.4 Å². The standard InChI is InChI=1S/C30H34N4O8/c1-6-18-19-13-17(42-29(38)33(5)12-11-32(4)28(37)40-8-3)9-10-23(19)31-25-20(18)15-34-24(25)14-22-21(26(34)35)16-41-27(36)30(22,39)7-2/h9-10,13-14,39H,6-8,11-12,15-16H2,1-5H3/t30-/m0/s1. The Morgan fingerprint density at radius 2 is 1.79 bits per heavy atom. The molecule has 1 N–H and O–H groups in total. The number of cyclic esters (lactones) is 1. The fraction of sp³-hybridized carbons (Fsp3) is 0.433. The van der Waals surface area contributed by atoms with Gasteiger partial charge >= 0.3 is 18.2 Å². The number of carbonyl (C=O) groups is 3. The van der Waals surface area contributed by atoms with E-state index in [-0.39, 0.29) is 56.0 Å². The van der Waals surface area contributed by atoms with Crippen molar-refractivity contribution in [3.8, 4) is 17.1 Å². The van der Waals surface area contributed by atoms with Crippen molar-refractivity contribution in [3.05, 3.63) is 56.9 Å². The number of amides is 2. The van der Waals surface area contributed by atoms with Gasteiger partial charge in [0.25, 0.3) is 5.56 Å². The molecule has 0 bridgehead atoms. The van der Waals surface area contributed by atoms with Crippen molar-refractivity contribution in [2.75, 3.05) is 33.8 Å². The van der Waals surface area contributed by atoms with Crippen molar-refractivity contribution >= 4 is 29.1 Å². The first-order chi connectivity index (χ1) is 20.0. The van der Waals surface area contributed by atoms with Crippen molar-refractivity contribution in [2.24, 2.45) is 0 Å². The number of aryl methyl sites for hydroxylation is 1. The van der Waals surface area contributed by atoms with E-state index in [4.69, 9.17) is 19.2 Å². The van der Waals surface area contributed by atoms with Gasteiger partial charge in [-0.25, -0.2) is 19.4 Å². The zero-order chi connectivity index (χ0) is 30.3. The number of hydrogen-bond acceptors (Lipinski definition) is 9. The number of hydrogen-bond donors (Lipinski definition) is 1. The normalized spacial score (nSPS) is 16.8. The molecule has 222 valence electrons. The molecule has 1 aromatic carbocycles. The highest BCUT2D eigenvalue weighted by Gasteiger charge is 2.45. The Morgan fingerprint density at radius 1 is 1.07 bits per heavy atom. The lowest BCUT2D eigenvalue weighted by atomic mass is 9.86. The maximum absolute atomic E-state index is 13.5. The van der Waals surface area contributed by atoms with E-state index in [1.807, 2.05) is 6.92 Å². The van der Waals surface area contributed by atoms with Crippen molar-refractivity contribution in [2.45, 2.75) is 52.4 Å². The average molecular weight is 579 g/mol. The highest BCUT2D eigenvalue weighted by atomic mass is 16.6. The van der Waals surface area contributed by atoms with Crippen molar-refractivity contribution < 1.29 is 33.7 Å². The number of esters is 1. The fourth-order valence-corrected chi connectivity index (χ4v) is 5.50. The van der Waals surface area contributed by atoms with Crippen molar-refractivity contribution in [1.82, 2.24) is 19.4 Å². The summed E-state index contributed by atoms with van der Waals surface area (Å²) in [4.78, 5) is 58.2. The van der Waals surface area contributed by atoms with E-state index in [1.54, 1.807) is 56.8 Å². The Hall–Kier alpha value is -4.45. The summed E-state index contributed by atoms with van der Waals surface area (Å²) >= 11 is 0. The van der Waals surface area contributed by atoms with Crippen LogP contribution in [0.4, 0.5) is 9.59 Å². The van der Waals surface area contributed by atoms with Crippen LogP contribution in [0.5, 0.6) is 5.75 Å². The third-order valence-corrected chi connectivity index (χ3v) is 8.00. The number of rotatable bonds is 7. The van der Waals surface area contributed by atoms with E-state index in [2.05, 4.69) is 0 Å². The molecule has 3 aromatic rings. The minimum Gasteiger partial charge on any atom is -0.458 e. The number of fused-ring (bicyclic) bond motifs is 5. The first-order valence-electron chi connectivity index (χ1n) is 14.0. The number of benzene rings is 1. The van der Waals surface area contributed by atoms with Crippen LogP contribution < -0.4 is 10.3 Å². The van der Waals surface area contributed by atoms with E-state index >= 15 is 0 Å². The SMILES string of the molecule is CCOC(=O)N(C)CCN(C)C(=O)Oc1ccc2nc3c(c(CC)c2c1)Cn1c-3cc2c(c1=O)COC(=O)[C@]2(O)CC. The second-order valence-electron chi connectivity index (χ2n) is 10.5. The Bertz CT molecular complexity index is 1670. The number of aliphatic hydroxyl groups is 1. The molecule has 0 unspecified atom stereocenters. The van der Waals surface area contributed by atoms with E-state index in [0.717, 1.165) is 16.5 Å². The van der Waals surface area contributed by atoms with Crippen LogP contribution in [0.1, 0.15) is 49.4 Å². The maximum Gasteiger partial charge on any atom is 0.415 e. The molecule has 0 fully saturated rings. The number of carbonyl (C=O) groups excluding carboxylic acids is 3. The topological polar surface area (TPSA) is 140 Å². The first kappa shape index (κ1) is 29.1. The molecule has 5 rings (SSSR count). The summed E-state index contributed by atoms with van der Waals surface area (Å²) in [5.74, 6) is -0.430.